The molecule has 2 heteroatoms. The Morgan fingerprint density at radius 2 is 1.60 bits per heavy atom. The van der Waals surface area contributed by atoms with Gasteiger partial charge >= 0.3 is 0 Å². The summed E-state index contributed by atoms with van der Waals surface area (Å²) < 4.78 is 0. The third kappa shape index (κ3) is 3.14. The molecule has 1 aliphatic rings. The summed E-state index contributed by atoms with van der Waals surface area (Å²) in [5.74, 6) is 0. The van der Waals surface area contributed by atoms with Crippen LogP contribution in [0.3, 0.4) is 0 Å². The maximum absolute atomic E-state index is 4.12. The molecule has 2 aromatic rings. The van der Waals surface area contributed by atoms with Gasteiger partial charge in [-0.05, 0) is 54.8 Å². The fourth-order valence-corrected chi connectivity index (χ4v) is 2.74. The van der Waals surface area contributed by atoms with Gasteiger partial charge in [-0.15, -0.1) is 0 Å². The largest absolute Gasteiger partial charge is 0.300 e. The Balaban J connectivity index is 1.89. The molecule has 0 N–H and O–H groups in total. The molecule has 1 saturated heterocycles. The third-order valence-corrected chi connectivity index (χ3v) is 3.83. The normalized spacial score (nSPS) is 16.5. The van der Waals surface area contributed by atoms with E-state index in [9.17, 15) is 0 Å². The number of hydrogen-bond donors (Lipinski definition) is 0. The molecule has 0 amide bonds. The summed E-state index contributed by atoms with van der Waals surface area (Å²) in [4.78, 5) is 6.64. The van der Waals surface area contributed by atoms with Gasteiger partial charge in [0.25, 0.3) is 0 Å². The van der Waals surface area contributed by atoms with Crippen molar-refractivity contribution in [3.8, 4) is 0 Å². The van der Waals surface area contributed by atoms with E-state index in [1.807, 2.05) is 12.4 Å². The van der Waals surface area contributed by atoms with E-state index in [1.54, 1.807) is 0 Å². The molecule has 20 heavy (non-hydrogen) atoms. The van der Waals surface area contributed by atoms with Crippen LogP contribution >= 0.6 is 0 Å². The first-order valence-electron chi connectivity index (χ1n) is 7.32. The van der Waals surface area contributed by atoms with Crippen LogP contribution in [-0.4, -0.2) is 29.5 Å². The van der Waals surface area contributed by atoms with Crippen LogP contribution < -0.4 is 0 Å². The smallest absolute Gasteiger partial charge is 0.0273 e. The Morgan fingerprint density at radius 1 is 0.950 bits per heavy atom. The van der Waals surface area contributed by atoms with E-state index >= 15 is 0 Å². The second-order valence-electron chi connectivity index (χ2n) is 5.23. The summed E-state index contributed by atoms with van der Waals surface area (Å²) in [5.41, 5.74) is 3.82. The van der Waals surface area contributed by atoms with Crippen LogP contribution in [0.4, 0.5) is 0 Å². The van der Waals surface area contributed by atoms with Gasteiger partial charge < -0.3 is 0 Å². The number of benzene rings is 1. The Hall–Kier alpha value is -1.93. The fraction of sp³-hybridized carbons (Fsp3) is 0.278. The molecule has 0 aliphatic carbocycles. The van der Waals surface area contributed by atoms with Gasteiger partial charge in [-0.1, -0.05) is 36.4 Å². The first-order chi connectivity index (χ1) is 9.93. The number of pyridine rings is 1. The minimum absolute atomic E-state index is 1.03. The predicted octanol–water partition coefficient (Wildman–Crippen LogP) is 3.61. The minimum atomic E-state index is 1.03. The van der Waals surface area contributed by atoms with E-state index < -0.39 is 0 Å². The minimum Gasteiger partial charge on any atom is -0.300 e. The maximum Gasteiger partial charge on any atom is 0.0273 e. The highest BCUT2D eigenvalue weighted by Gasteiger charge is 2.11. The molecule has 0 bridgehead atoms. The second kappa shape index (κ2) is 6.49. The van der Waals surface area contributed by atoms with Crippen molar-refractivity contribution < 1.29 is 0 Å². The topological polar surface area (TPSA) is 16.1 Å². The Bertz CT molecular complexity index is 513. The molecule has 1 aromatic heterocycles. The van der Waals surface area contributed by atoms with Crippen molar-refractivity contribution in [2.45, 2.75) is 12.8 Å². The summed E-state index contributed by atoms with van der Waals surface area (Å²) in [7, 11) is 0. The lowest BCUT2D eigenvalue weighted by molar-refractivity contribution is 0.377. The number of aromatic nitrogens is 1. The standard InChI is InChI=1S/C18H20N2/c1-2-6-16(7-3-1)18(17-8-11-19-12-9-17)10-15-20-13-4-5-14-20/h1-3,6-12H,4-5,13-15H2/b18-10-. The molecule has 102 valence electrons. The number of hydrogen-bond acceptors (Lipinski definition) is 2. The lowest BCUT2D eigenvalue weighted by Crippen LogP contribution is -2.19. The van der Waals surface area contributed by atoms with Crippen molar-refractivity contribution in [3.05, 3.63) is 72.1 Å². The van der Waals surface area contributed by atoms with Crippen molar-refractivity contribution in [2.75, 3.05) is 19.6 Å². The van der Waals surface area contributed by atoms with E-state index in [4.69, 9.17) is 0 Å². The van der Waals surface area contributed by atoms with Gasteiger partial charge in [0, 0.05) is 18.9 Å². The van der Waals surface area contributed by atoms with E-state index in [0.717, 1.165) is 6.54 Å². The van der Waals surface area contributed by atoms with Crippen molar-refractivity contribution in [1.29, 1.82) is 0 Å². The number of likely N-dealkylation sites (tertiary alicyclic amines) is 1. The Labute approximate surface area is 120 Å². The van der Waals surface area contributed by atoms with Gasteiger partial charge in [-0.25, -0.2) is 0 Å². The molecule has 3 rings (SSSR count). The predicted molar refractivity (Wildman–Crippen MR) is 83.4 cm³/mol. The lowest BCUT2D eigenvalue weighted by atomic mass is 9.98. The molecule has 2 nitrogen and oxygen atoms in total. The van der Waals surface area contributed by atoms with Crippen molar-refractivity contribution in [3.63, 3.8) is 0 Å². The molecular formula is C18H20N2. The highest BCUT2D eigenvalue weighted by Crippen LogP contribution is 2.23. The van der Waals surface area contributed by atoms with Crippen LogP contribution in [0, 0.1) is 0 Å². The summed E-state index contributed by atoms with van der Waals surface area (Å²) in [5, 5.41) is 0. The molecular weight excluding hydrogens is 244 g/mol. The second-order valence-corrected chi connectivity index (χ2v) is 5.23. The summed E-state index contributed by atoms with van der Waals surface area (Å²) >= 11 is 0. The number of nitrogens with zero attached hydrogens (tertiary/aromatic N) is 2. The molecule has 0 radical (unpaired) electrons. The molecule has 0 saturated carbocycles. The van der Waals surface area contributed by atoms with Gasteiger partial charge in [0.2, 0.25) is 0 Å². The number of rotatable bonds is 4. The lowest BCUT2D eigenvalue weighted by Gasteiger charge is -2.14. The highest BCUT2D eigenvalue weighted by atomic mass is 15.1. The zero-order valence-corrected chi connectivity index (χ0v) is 11.7. The fourth-order valence-electron chi connectivity index (χ4n) is 2.74. The van der Waals surface area contributed by atoms with E-state index in [0.29, 0.717) is 0 Å². The quantitative estimate of drug-likeness (QED) is 0.838. The van der Waals surface area contributed by atoms with Crippen LogP contribution in [0.15, 0.2) is 60.9 Å². The van der Waals surface area contributed by atoms with E-state index in [1.165, 1.54) is 42.6 Å². The molecule has 0 unspecified atom stereocenters. The summed E-state index contributed by atoms with van der Waals surface area (Å²) in [6, 6.07) is 14.8. The average molecular weight is 264 g/mol. The first kappa shape index (κ1) is 13.1. The molecule has 1 fully saturated rings. The van der Waals surface area contributed by atoms with Gasteiger partial charge in [-0.3, -0.25) is 9.88 Å². The summed E-state index contributed by atoms with van der Waals surface area (Å²) in [6.45, 7) is 3.50. The summed E-state index contributed by atoms with van der Waals surface area (Å²) in [6.07, 6.45) is 8.76. The monoisotopic (exact) mass is 264 g/mol. The van der Waals surface area contributed by atoms with Gasteiger partial charge in [0.1, 0.15) is 0 Å². The molecule has 2 heterocycles. The van der Waals surface area contributed by atoms with Crippen molar-refractivity contribution >= 4 is 5.57 Å². The van der Waals surface area contributed by atoms with Crippen LogP contribution in [0.2, 0.25) is 0 Å². The molecule has 0 atom stereocenters. The first-order valence-corrected chi connectivity index (χ1v) is 7.32. The zero-order chi connectivity index (χ0) is 13.6. The van der Waals surface area contributed by atoms with E-state index in [-0.39, 0.29) is 0 Å². The third-order valence-electron chi connectivity index (χ3n) is 3.83. The van der Waals surface area contributed by atoms with Crippen LogP contribution in [0.5, 0.6) is 0 Å². The SMILES string of the molecule is C(/CN1CCCC1)=C(\c1ccccc1)c1ccncc1. The Morgan fingerprint density at radius 3 is 2.30 bits per heavy atom. The van der Waals surface area contributed by atoms with Gasteiger partial charge in [0.15, 0.2) is 0 Å². The zero-order valence-electron chi connectivity index (χ0n) is 11.7. The average Bonchev–Trinajstić information content (AvgIpc) is 3.03. The van der Waals surface area contributed by atoms with Crippen molar-refractivity contribution in [2.24, 2.45) is 0 Å². The van der Waals surface area contributed by atoms with Crippen LogP contribution in [0.1, 0.15) is 24.0 Å². The molecule has 1 aromatic carbocycles. The van der Waals surface area contributed by atoms with Crippen LogP contribution in [-0.2, 0) is 0 Å². The van der Waals surface area contributed by atoms with E-state index in [2.05, 4.69) is 58.4 Å². The Kier molecular flexibility index (Phi) is 4.24. The van der Waals surface area contributed by atoms with Crippen molar-refractivity contribution in [1.82, 2.24) is 9.88 Å². The maximum atomic E-state index is 4.12. The van der Waals surface area contributed by atoms with Gasteiger partial charge in [-0.2, -0.15) is 0 Å². The molecule has 1 aliphatic heterocycles. The van der Waals surface area contributed by atoms with Gasteiger partial charge in [0.05, 0.1) is 0 Å². The molecule has 0 spiro atoms. The van der Waals surface area contributed by atoms with Crippen LogP contribution in [0.25, 0.3) is 5.57 Å². The highest BCUT2D eigenvalue weighted by molar-refractivity contribution is 5.79.